The van der Waals surface area contributed by atoms with Gasteiger partial charge in [-0.2, -0.15) is 0 Å². The number of nitrogens with zero attached hydrogens (tertiary/aromatic N) is 3. The van der Waals surface area contributed by atoms with Crippen LogP contribution in [-0.2, 0) is 5.75 Å². The molecule has 1 heterocycles. The number of rotatable bonds is 4. The van der Waals surface area contributed by atoms with E-state index >= 15 is 0 Å². The van der Waals surface area contributed by atoms with E-state index in [2.05, 4.69) is 16.3 Å². The molecule has 0 fully saturated rings. The van der Waals surface area contributed by atoms with E-state index in [-0.39, 0.29) is 5.82 Å². The number of thioether (sulfide) groups is 1. The van der Waals surface area contributed by atoms with Crippen molar-refractivity contribution in [2.75, 3.05) is 0 Å². The van der Waals surface area contributed by atoms with Gasteiger partial charge in [0.05, 0.1) is 0 Å². The fourth-order valence-electron chi connectivity index (χ4n) is 2.31. The Hall–Kier alpha value is -1.85. The molecule has 0 saturated carbocycles. The summed E-state index contributed by atoms with van der Waals surface area (Å²) in [5.41, 5.74) is 2.63. The molecule has 118 valence electrons. The molecular formula is C17H15ClFN3S. The zero-order valence-corrected chi connectivity index (χ0v) is 14.3. The van der Waals surface area contributed by atoms with E-state index in [1.54, 1.807) is 12.1 Å². The van der Waals surface area contributed by atoms with Crippen molar-refractivity contribution in [3.05, 3.63) is 70.3 Å². The molecule has 6 heteroatoms. The monoisotopic (exact) mass is 347 g/mol. The Morgan fingerprint density at radius 3 is 2.65 bits per heavy atom. The minimum Gasteiger partial charge on any atom is -0.274 e. The van der Waals surface area contributed by atoms with Crippen LogP contribution in [0.25, 0.3) is 5.69 Å². The smallest absolute Gasteiger partial charge is 0.196 e. The summed E-state index contributed by atoms with van der Waals surface area (Å²) in [6, 6.07) is 12.8. The predicted molar refractivity (Wildman–Crippen MR) is 91.8 cm³/mol. The normalized spacial score (nSPS) is 11.0. The van der Waals surface area contributed by atoms with Crippen LogP contribution in [-0.4, -0.2) is 14.8 Å². The highest BCUT2D eigenvalue weighted by molar-refractivity contribution is 7.98. The number of aryl methyl sites for hydroxylation is 2. The second-order valence-corrected chi connectivity index (χ2v) is 6.54. The van der Waals surface area contributed by atoms with Crippen LogP contribution in [0.15, 0.2) is 47.6 Å². The summed E-state index contributed by atoms with van der Waals surface area (Å²) in [4.78, 5) is 0. The highest BCUT2D eigenvalue weighted by Crippen LogP contribution is 2.29. The maximum absolute atomic E-state index is 13.9. The molecule has 23 heavy (non-hydrogen) atoms. The Morgan fingerprint density at radius 1 is 1.13 bits per heavy atom. The van der Waals surface area contributed by atoms with Crippen LogP contribution in [0.1, 0.15) is 17.0 Å². The lowest BCUT2D eigenvalue weighted by Crippen LogP contribution is -2.00. The maximum atomic E-state index is 13.9. The topological polar surface area (TPSA) is 30.7 Å². The van der Waals surface area contributed by atoms with Crippen LogP contribution < -0.4 is 0 Å². The maximum Gasteiger partial charge on any atom is 0.196 e. The van der Waals surface area contributed by atoms with Gasteiger partial charge in [-0.15, -0.1) is 10.2 Å². The van der Waals surface area contributed by atoms with E-state index in [1.165, 1.54) is 17.8 Å². The zero-order chi connectivity index (χ0) is 16.4. The first-order chi connectivity index (χ1) is 11.1. The summed E-state index contributed by atoms with van der Waals surface area (Å²) in [6.07, 6.45) is 0. The van der Waals surface area contributed by atoms with Gasteiger partial charge in [0.25, 0.3) is 0 Å². The van der Waals surface area contributed by atoms with Crippen molar-refractivity contribution in [3.8, 4) is 5.69 Å². The lowest BCUT2D eigenvalue weighted by molar-refractivity contribution is 0.617. The molecule has 2 aromatic carbocycles. The molecule has 0 amide bonds. The minimum atomic E-state index is -0.302. The average Bonchev–Trinajstić information content (AvgIpc) is 2.88. The number of benzene rings is 2. The van der Waals surface area contributed by atoms with E-state index in [0.29, 0.717) is 21.5 Å². The molecule has 0 aliphatic carbocycles. The standard InChI is InChI=1S/C17H15ClFN3S/c1-11-5-3-6-13(9-11)22-12(2)20-21-17(22)23-10-14-15(18)7-4-8-16(14)19/h3-9H,10H2,1-2H3. The van der Waals surface area contributed by atoms with Crippen LogP contribution in [0.4, 0.5) is 4.39 Å². The van der Waals surface area contributed by atoms with Crippen LogP contribution in [0, 0.1) is 19.7 Å². The Morgan fingerprint density at radius 2 is 1.91 bits per heavy atom. The molecule has 0 aliphatic rings. The molecule has 0 unspecified atom stereocenters. The fourth-order valence-corrected chi connectivity index (χ4v) is 3.65. The highest BCUT2D eigenvalue weighted by atomic mass is 35.5. The third-order valence-electron chi connectivity index (χ3n) is 3.46. The summed E-state index contributed by atoms with van der Waals surface area (Å²) in [7, 11) is 0. The van der Waals surface area contributed by atoms with Crippen molar-refractivity contribution in [1.82, 2.24) is 14.8 Å². The summed E-state index contributed by atoms with van der Waals surface area (Å²) in [6.45, 7) is 3.94. The van der Waals surface area contributed by atoms with Crippen molar-refractivity contribution in [3.63, 3.8) is 0 Å². The summed E-state index contributed by atoms with van der Waals surface area (Å²) in [5, 5.41) is 9.49. The molecule has 0 N–H and O–H groups in total. The van der Waals surface area contributed by atoms with E-state index < -0.39 is 0 Å². The fraction of sp³-hybridized carbons (Fsp3) is 0.176. The van der Waals surface area contributed by atoms with E-state index in [4.69, 9.17) is 11.6 Å². The van der Waals surface area contributed by atoms with Crippen molar-refractivity contribution in [1.29, 1.82) is 0 Å². The number of hydrogen-bond donors (Lipinski definition) is 0. The minimum absolute atomic E-state index is 0.302. The van der Waals surface area contributed by atoms with Gasteiger partial charge in [-0.1, -0.05) is 41.6 Å². The molecule has 0 aliphatic heterocycles. The first-order valence-electron chi connectivity index (χ1n) is 7.11. The second kappa shape index (κ2) is 6.72. The molecule has 0 saturated heterocycles. The molecule has 3 aromatic rings. The van der Waals surface area contributed by atoms with Gasteiger partial charge >= 0.3 is 0 Å². The van der Waals surface area contributed by atoms with Gasteiger partial charge in [-0.05, 0) is 43.7 Å². The zero-order valence-electron chi connectivity index (χ0n) is 12.8. The van der Waals surface area contributed by atoms with E-state index in [1.807, 2.05) is 36.6 Å². The van der Waals surface area contributed by atoms with Crippen molar-refractivity contribution in [2.45, 2.75) is 24.8 Å². The number of halogens is 2. The Labute approximate surface area is 143 Å². The average molecular weight is 348 g/mol. The molecule has 3 rings (SSSR count). The quantitative estimate of drug-likeness (QED) is 0.624. The molecule has 1 aromatic heterocycles. The van der Waals surface area contributed by atoms with Gasteiger partial charge in [0.2, 0.25) is 0 Å². The lowest BCUT2D eigenvalue weighted by atomic mass is 10.2. The largest absolute Gasteiger partial charge is 0.274 e. The van der Waals surface area contributed by atoms with Crippen LogP contribution in [0.3, 0.4) is 0 Å². The highest BCUT2D eigenvalue weighted by Gasteiger charge is 2.14. The second-order valence-electron chi connectivity index (χ2n) is 5.19. The first kappa shape index (κ1) is 16.0. The van der Waals surface area contributed by atoms with Gasteiger partial charge in [0.15, 0.2) is 5.16 Å². The van der Waals surface area contributed by atoms with Gasteiger partial charge in [-0.25, -0.2) is 4.39 Å². The molecule has 3 nitrogen and oxygen atoms in total. The van der Waals surface area contributed by atoms with Gasteiger partial charge < -0.3 is 0 Å². The van der Waals surface area contributed by atoms with Gasteiger partial charge in [0, 0.05) is 22.0 Å². The molecular weight excluding hydrogens is 333 g/mol. The van der Waals surface area contributed by atoms with Crippen LogP contribution >= 0.6 is 23.4 Å². The third kappa shape index (κ3) is 3.41. The van der Waals surface area contributed by atoms with Crippen LogP contribution in [0.5, 0.6) is 0 Å². The molecule has 0 atom stereocenters. The Kier molecular flexibility index (Phi) is 4.68. The van der Waals surface area contributed by atoms with Crippen molar-refractivity contribution >= 4 is 23.4 Å². The van der Waals surface area contributed by atoms with Crippen molar-refractivity contribution < 1.29 is 4.39 Å². The summed E-state index contributed by atoms with van der Waals surface area (Å²) in [5.74, 6) is 0.885. The predicted octanol–water partition coefficient (Wildman–Crippen LogP) is 4.97. The van der Waals surface area contributed by atoms with Gasteiger partial charge in [0.1, 0.15) is 11.6 Å². The number of aromatic nitrogens is 3. The van der Waals surface area contributed by atoms with E-state index in [9.17, 15) is 4.39 Å². The molecule has 0 radical (unpaired) electrons. The molecule has 0 spiro atoms. The SMILES string of the molecule is Cc1cccc(-n2c(C)nnc2SCc2c(F)cccc2Cl)c1. The van der Waals surface area contributed by atoms with Crippen molar-refractivity contribution in [2.24, 2.45) is 0 Å². The third-order valence-corrected chi connectivity index (χ3v) is 4.77. The Balaban J connectivity index is 1.90. The van der Waals surface area contributed by atoms with E-state index in [0.717, 1.165) is 17.1 Å². The van der Waals surface area contributed by atoms with Crippen LogP contribution in [0.2, 0.25) is 5.02 Å². The first-order valence-corrected chi connectivity index (χ1v) is 8.47. The lowest BCUT2D eigenvalue weighted by Gasteiger charge is -2.10. The van der Waals surface area contributed by atoms with Gasteiger partial charge in [-0.3, -0.25) is 4.57 Å². The molecule has 0 bridgehead atoms. The summed E-state index contributed by atoms with van der Waals surface area (Å²) < 4.78 is 15.9. The summed E-state index contributed by atoms with van der Waals surface area (Å²) >= 11 is 7.50. The number of hydrogen-bond acceptors (Lipinski definition) is 3. The Bertz CT molecular complexity index is 827.